The molecule has 0 aliphatic carbocycles. The molecule has 1 aromatic carbocycles. The number of nitrogens with one attached hydrogen (secondary N) is 1. The number of hydrogen-bond donors (Lipinski definition) is 2. The molecule has 0 saturated heterocycles. The first-order valence-electron chi connectivity index (χ1n) is 7.27. The Kier molecular flexibility index (Phi) is 4.48. The Morgan fingerprint density at radius 3 is 2.54 bits per heavy atom. The molecular formula is C17H16ClN5O. The minimum Gasteiger partial charge on any atom is -0.437 e. The Balaban J connectivity index is 1.89. The molecule has 6 nitrogen and oxygen atoms in total. The van der Waals surface area contributed by atoms with E-state index in [1.54, 1.807) is 18.3 Å². The number of aryl methyl sites for hydroxylation is 2. The normalized spacial score (nSPS) is 10.5. The first-order chi connectivity index (χ1) is 11.5. The topological polar surface area (TPSA) is 86.0 Å². The van der Waals surface area contributed by atoms with Crippen molar-refractivity contribution in [1.82, 2.24) is 15.0 Å². The van der Waals surface area contributed by atoms with Crippen molar-refractivity contribution >= 4 is 28.8 Å². The van der Waals surface area contributed by atoms with Gasteiger partial charge in [0.2, 0.25) is 5.88 Å². The molecule has 0 radical (unpaired) electrons. The Labute approximate surface area is 144 Å². The molecule has 0 fully saturated rings. The predicted molar refractivity (Wildman–Crippen MR) is 95.0 cm³/mol. The Morgan fingerprint density at radius 2 is 1.83 bits per heavy atom. The summed E-state index contributed by atoms with van der Waals surface area (Å²) in [6.45, 7) is 4.00. The van der Waals surface area contributed by atoms with Crippen LogP contribution in [0.4, 0.5) is 17.2 Å². The van der Waals surface area contributed by atoms with Crippen molar-refractivity contribution in [3.8, 4) is 11.6 Å². The lowest BCUT2D eigenvalue weighted by molar-refractivity contribution is 0.464. The lowest BCUT2D eigenvalue weighted by Crippen LogP contribution is -2.03. The molecule has 7 heteroatoms. The first-order valence-corrected chi connectivity index (χ1v) is 7.65. The van der Waals surface area contributed by atoms with Gasteiger partial charge in [-0.15, -0.1) is 0 Å². The van der Waals surface area contributed by atoms with E-state index >= 15 is 0 Å². The molecule has 2 heterocycles. The van der Waals surface area contributed by atoms with Gasteiger partial charge in [-0.05, 0) is 49.2 Å². The third kappa shape index (κ3) is 3.55. The fourth-order valence-electron chi connectivity index (χ4n) is 2.27. The molecule has 0 aliphatic rings. The number of nitrogens with zero attached hydrogens (tertiary/aromatic N) is 3. The smallest absolute Gasteiger partial charge is 0.248 e. The second-order valence-electron chi connectivity index (χ2n) is 5.33. The predicted octanol–water partition coefficient (Wildman–Crippen LogP) is 4.26. The minimum absolute atomic E-state index is 0.275. The highest BCUT2D eigenvalue weighted by Crippen LogP contribution is 2.32. The first kappa shape index (κ1) is 16.0. The summed E-state index contributed by atoms with van der Waals surface area (Å²) < 4.78 is 5.81. The van der Waals surface area contributed by atoms with Gasteiger partial charge in [0.05, 0.1) is 5.69 Å². The number of hydrogen-bond acceptors (Lipinski definition) is 6. The zero-order valence-corrected chi connectivity index (χ0v) is 14.0. The molecule has 3 aromatic rings. The Hall–Kier alpha value is -2.86. The van der Waals surface area contributed by atoms with Crippen LogP contribution in [0.3, 0.4) is 0 Å². The van der Waals surface area contributed by atoms with Gasteiger partial charge in [0.15, 0.2) is 11.0 Å². The maximum Gasteiger partial charge on any atom is 0.248 e. The van der Waals surface area contributed by atoms with Crippen molar-refractivity contribution in [3.63, 3.8) is 0 Å². The molecule has 3 N–H and O–H groups in total. The summed E-state index contributed by atoms with van der Waals surface area (Å²) in [5.74, 6) is 1.35. The number of ether oxygens (including phenoxy) is 1. The highest BCUT2D eigenvalue weighted by atomic mass is 35.5. The largest absolute Gasteiger partial charge is 0.437 e. The van der Waals surface area contributed by atoms with Crippen LogP contribution in [0, 0.1) is 13.8 Å². The van der Waals surface area contributed by atoms with Crippen LogP contribution < -0.4 is 15.8 Å². The van der Waals surface area contributed by atoms with Gasteiger partial charge in [-0.1, -0.05) is 17.7 Å². The van der Waals surface area contributed by atoms with Crippen LogP contribution >= 0.6 is 11.6 Å². The molecular weight excluding hydrogens is 326 g/mol. The summed E-state index contributed by atoms with van der Waals surface area (Å²) in [5, 5.41) is 3.37. The zero-order chi connectivity index (χ0) is 17.1. The van der Waals surface area contributed by atoms with Crippen molar-refractivity contribution in [2.45, 2.75) is 13.8 Å². The Bertz CT molecular complexity index is 864. The van der Waals surface area contributed by atoms with Gasteiger partial charge >= 0.3 is 0 Å². The van der Waals surface area contributed by atoms with Crippen LogP contribution in [0.25, 0.3) is 0 Å². The SMILES string of the molecule is Cc1cc(C)cc(Oc2ncnc(Nc3cccnc3Cl)c2N)c1. The lowest BCUT2D eigenvalue weighted by Gasteiger charge is -2.12. The summed E-state index contributed by atoms with van der Waals surface area (Å²) in [5.41, 5.74) is 9.21. The van der Waals surface area contributed by atoms with Gasteiger partial charge in [0.25, 0.3) is 0 Å². The number of nitrogens with two attached hydrogens (primary N) is 1. The van der Waals surface area contributed by atoms with Crippen molar-refractivity contribution in [1.29, 1.82) is 0 Å². The van der Waals surface area contributed by atoms with Gasteiger partial charge in [-0.3, -0.25) is 0 Å². The average molecular weight is 342 g/mol. The number of halogens is 1. The molecule has 0 aliphatic heterocycles. The van der Waals surface area contributed by atoms with Gasteiger partial charge < -0.3 is 15.8 Å². The standard InChI is InChI=1S/C17H16ClN5O/c1-10-6-11(2)8-12(7-10)24-17-14(19)16(21-9-22-17)23-13-4-3-5-20-15(13)18/h3-9H,19H2,1-2H3,(H,21,22,23). The van der Waals surface area contributed by atoms with E-state index < -0.39 is 0 Å². The summed E-state index contributed by atoms with van der Waals surface area (Å²) in [7, 11) is 0. The quantitative estimate of drug-likeness (QED) is 0.689. The van der Waals surface area contributed by atoms with Crippen molar-refractivity contribution < 1.29 is 4.74 Å². The van der Waals surface area contributed by atoms with Crippen LogP contribution in [-0.2, 0) is 0 Å². The highest BCUT2D eigenvalue weighted by molar-refractivity contribution is 6.32. The van der Waals surface area contributed by atoms with E-state index in [0.717, 1.165) is 11.1 Å². The van der Waals surface area contributed by atoms with Gasteiger partial charge in [-0.25, -0.2) is 9.97 Å². The second-order valence-corrected chi connectivity index (χ2v) is 5.69. The third-order valence-corrected chi connectivity index (χ3v) is 3.57. The third-order valence-electron chi connectivity index (χ3n) is 3.27. The number of rotatable bonds is 4. The molecule has 0 spiro atoms. The molecule has 0 bridgehead atoms. The summed E-state index contributed by atoms with van der Waals surface area (Å²) in [4.78, 5) is 12.3. The number of nitrogen functional groups attached to an aromatic ring is 1. The summed E-state index contributed by atoms with van der Waals surface area (Å²) in [6, 6.07) is 9.44. The van der Waals surface area contributed by atoms with Crippen LogP contribution in [0.15, 0.2) is 42.9 Å². The number of aromatic nitrogens is 3. The van der Waals surface area contributed by atoms with E-state index in [9.17, 15) is 0 Å². The fourth-order valence-corrected chi connectivity index (χ4v) is 2.44. The second kappa shape index (κ2) is 6.72. The van der Waals surface area contributed by atoms with Crippen molar-refractivity contribution in [3.05, 3.63) is 59.1 Å². The maximum atomic E-state index is 6.13. The molecule has 3 rings (SSSR count). The van der Waals surface area contributed by atoms with Gasteiger partial charge in [0, 0.05) is 6.20 Å². The summed E-state index contributed by atoms with van der Waals surface area (Å²) >= 11 is 6.04. The molecule has 0 unspecified atom stereocenters. The van der Waals surface area contributed by atoms with Crippen molar-refractivity contribution in [2.24, 2.45) is 0 Å². The molecule has 0 amide bonds. The maximum absolute atomic E-state index is 6.13. The number of benzene rings is 1. The van der Waals surface area contributed by atoms with E-state index in [4.69, 9.17) is 22.1 Å². The van der Waals surface area contributed by atoms with Crippen molar-refractivity contribution in [2.75, 3.05) is 11.1 Å². The number of pyridine rings is 1. The average Bonchev–Trinajstić information content (AvgIpc) is 2.52. The molecule has 122 valence electrons. The monoisotopic (exact) mass is 341 g/mol. The fraction of sp³-hybridized carbons (Fsp3) is 0.118. The van der Waals surface area contributed by atoms with E-state index in [1.807, 2.05) is 26.0 Å². The zero-order valence-electron chi connectivity index (χ0n) is 13.2. The summed E-state index contributed by atoms with van der Waals surface area (Å²) in [6.07, 6.45) is 2.98. The molecule has 0 saturated carbocycles. The van der Waals surface area contributed by atoms with Crippen LogP contribution in [0.1, 0.15) is 11.1 Å². The minimum atomic E-state index is 0.275. The van der Waals surface area contributed by atoms with Crippen LogP contribution in [0.2, 0.25) is 5.15 Å². The van der Waals surface area contributed by atoms with Crippen LogP contribution in [0.5, 0.6) is 11.6 Å². The van der Waals surface area contributed by atoms with E-state index in [-0.39, 0.29) is 11.6 Å². The van der Waals surface area contributed by atoms with Gasteiger partial charge in [-0.2, -0.15) is 4.98 Å². The van der Waals surface area contributed by atoms with Gasteiger partial charge in [0.1, 0.15) is 17.8 Å². The number of anilines is 3. The highest BCUT2D eigenvalue weighted by Gasteiger charge is 2.12. The van der Waals surface area contributed by atoms with Crippen LogP contribution in [-0.4, -0.2) is 15.0 Å². The van der Waals surface area contributed by atoms with E-state index in [0.29, 0.717) is 22.4 Å². The van der Waals surface area contributed by atoms with E-state index in [2.05, 4.69) is 26.3 Å². The van der Waals surface area contributed by atoms with E-state index in [1.165, 1.54) is 6.33 Å². The molecule has 0 atom stereocenters. The lowest BCUT2D eigenvalue weighted by atomic mass is 10.1. The Morgan fingerprint density at radius 1 is 1.08 bits per heavy atom. The molecule has 24 heavy (non-hydrogen) atoms. The molecule has 2 aromatic heterocycles.